The fraction of sp³-hybridized carbons (Fsp3) is 0.682. The number of allylic oxidation sites excluding steroid dienone is 1. The van der Waals surface area contributed by atoms with E-state index in [4.69, 9.17) is 26.0 Å². The summed E-state index contributed by atoms with van der Waals surface area (Å²) < 4.78 is 37.6. The molecule has 20 nitrogen and oxygen atoms in total. The minimum absolute atomic E-state index is 0.00463. The van der Waals surface area contributed by atoms with Gasteiger partial charge in [0.2, 0.25) is 11.8 Å². The zero-order valence-electron chi connectivity index (χ0n) is 67.4. The van der Waals surface area contributed by atoms with Gasteiger partial charge in [-0.05, 0) is 255 Å². The van der Waals surface area contributed by atoms with Crippen molar-refractivity contribution in [3.8, 4) is 0 Å². The lowest BCUT2D eigenvalue weighted by Crippen LogP contribution is -2.23. The zero-order valence-corrected chi connectivity index (χ0v) is 75.6. The van der Waals surface area contributed by atoms with E-state index >= 15 is 0 Å². The Bertz CT molecular complexity index is 1720. The Balaban J connectivity index is -0.0000000325. The molecular formula is C66H140N6O14S10. The summed E-state index contributed by atoms with van der Waals surface area (Å²) >= 11 is 41.0. The second-order valence-corrected chi connectivity index (χ2v) is 27.5. The van der Waals surface area contributed by atoms with Crippen molar-refractivity contribution in [1.82, 2.24) is 16.0 Å². The van der Waals surface area contributed by atoms with Crippen LogP contribution in [-0.2, 0) is 67.1 Å². The van der Waals surface area contributed by atoms with Crippen LogP contribution in [0, 0.1) is 10.8 Å². The molecule has 0 fully saturated rings. The number of esters is 2. The molecule has 0 aliphatic heterocycles. The third-order valence-corrected chi connectivity index (χ3v) is 2.99. The maximum absolute atomic E-state index is 10.1. The number of ketones is 4. The van der Waals surface area contributed by atoms with Crippen LogP contribution in [0.4, 0.5) is 0 Å². The summed E-state index contributed by atoms with van der Waals surface area (Å²) in [5.41, 5.74) is 6.92. The largest absolute Gasteiger partial charge is 0.488 e. The molecule has 0 unspecified atom stereocenters. The van der Waals surface area contributed by atoms with Crippen molar-refractivity contribution in [2.75, 3.05) is 53.0 Å². The van der Waals surface area contributed by atoms with Crippen LogP contribution in [0.5, 0.6) is 0 Å². The zero-order chi connectivity index (χ0) is 83.8. The van der Waals surface area contributed by atoms with Gasteiger partial charge in [0, 0.05) is 79.6 Å². The van der Waals surface area contributed by atoms with Gasteiger partial charge >= 0.3 is 11.9 Å². The first-order valence-corrected chi connectivity index (χ1v) is 35.0. The van der Waals surface area contributed by atoms with Crippen LogP contribution in [0.1, 0.15) is 256 Å². The van der Waals surface area contributed by atoms with Gasteiger partial charge in [0.05, 0.1) is 36.4 Å². The number of hydrogen-bond donors (Lipinski definition) is 6. The maximum atomic E-state index is 10.1. The summed E-state index contributed by atoms with van der Waals surface area (Å²) in [6.07, 6.45) is 2.32. The van der Waals surface area contributed by atoms with E-state index in [1.54, 1.807) is 76.3 Å². The SMILES string of the molecule is C=C(C)N.CC.CC(=O)NC(C)=S.CC(C)=N.CC(C)=N.CC(C)=O.CC(C)=O.CC(C)=O.CC(C)=O.CC(C)=S.CC(C)=S.CC(C)=S.CC(C)=S.CC(C)=S.CCOC(C)=O.CCOC(C)=O.CCOC(C)=S.CCOC(C)=S.CNC(C)=O.CNC(C)=S.CS(C)(=O)=O. The van der Waals surface area contributed by atoms with Gasteiger partial charge in [-0.3, -0.25) is 19.2 Å². The van der Waals surface area contributed by atoms with Gasteiger partial charge in [0.15, 0.2) is 10.1 Å². The standard InChI is InChI=1S/C4H7NOS.2C4H8O2.2C4H8OS.C3H7NO.C3H7NS.3C3H7N.4C3H6O.5C3H6S.C2H6O2S.C2H6/c1-3(6)5-4(2)7;2*1-3-6-4(2)5;2*1-3-5-4(2)6;2*1-3(5)4-2;12*1-3(2)4;1-5(2,3)4;1-2/h1-2H3,(H,5,6,7);4*3H2,1-2H3;2*1-2H3,(H,4,5);2*4H,1-2H3;1,4H2,2H3;9*1-2H3;1-2H3;1-2H3. The first-order chi connectivity index (χ1) is 42.5. The van der Waals surface area contributed by atoms with Crippen LogP contribution in [-0.4, -0.2) is 164 Å². The van der Waals surface area contributed by atoms with Crippen molar-refractivity contribution in [1.29, 1.82) is 10.8 Å². The molecule has 7 N–H and O–H groups in total. The molecule has 0 spiro atoms. The van der Waals surface area contributed by atoms with E-state index in [0.29, 0.717) is 58.6 Å². The van der Waals surface area contributed by atoms with Crippen LogP contribution in [0.3, 0.4) is 0 Å². The quantitative estimate of drug-likeness (QED) is 0.0865. The lowest BCUT2D eigenvalue weighted by atomic mass is 10.5. The molecule has 0 heterocycles. The minimum atomic E-state index is -2.67. The Kier molecular flexibility index (Phi) is 217. The summed E-state index contributed by atoms with van der Waals surface area (Å²) in [6, 6.07) is 0. The average Bonchev–Trinajstić information content (AvgIpc) is 3.28. The fourth-order valence-corrected chi connectivity index (χ4v) is 1.44. The van der Waals surface area contributed by atoms with Crippen LogP contribution < -0.4 is 21.7 Å². The Morgan fingerprint density at radius 3 is 0.469 bits per heavy atom. The normalized spacial score (nSPS) is 7.09. The number of Topliss-reactive ketones (excluding diaryl/α,β-unsaturated/α-hetero) is 4. The van der Waals surface area contributed by atoms with Crippen molar-refractivity contribution in [3.05, 3.63) is 12.3 Å². The third kappa shape index (κ3) is 2890. The van der Waals surface area contributed by atoms with Crippen molar-refractivity contribution in [3.63, 3.8) is 0 Å². The van der Waals surface area contributed by atoms with Crippen LogP contribution in [0.15, 0.2) is 12.3 Å². The van der Waals surface area contributed by atoms with E-state index in [9.17, 15) is 46.8 Å². The molecule has 0 atom stereocenters. The summed E-state index contributed by atoms with van der Waals surface area (Å²) in [5.74, 6) is 0.146. The minimum Gasteiger partial charge on any atom is -0.488 e. The van der Waals surface area contributed by atoms with E-state index in [2.05, 4.69) is 142 Å². The van der Waals surface area contributed by atoms with Crippen LogP contribution in [0.25, 0.3) is 0 Å². The number of ether oxygens (including phenoxy) is 4. The number of nitrogens with two attached hydrogens (primary N) is 1. The average molecular weight is 1560 g/mol. The lowest BCUT2D eigenvalue weighted by molar-refractivity contribution is -0.141. The van der Waals surface area contributed by atoms with Gasteiger partial charge in [-0.25, -0.2) is 8.42 Å². The molecule has 578 valence electrons. The second kappa shape index (κ2) is 138. The smallest absolute Gasteiger partial charge is 0.302 e. The fourth-order valence-electron chi connectivity index (χ4n) is 1.06. The number of carbonyl (C=O) groups excluding carboxylic acids is 8. The van der Waals surface area contributed by atoms with E-state index in [1.807, 2.05) is 111 Å². The Morgan fingerprint density at radius 2 is 0.469 bits per heavy atom. The Labute approximate surface area is 637 Å². The third-order valence-electron chi connectivity index (χ3n) is 2.45. The summed E-state index contributed by atoms with van der Waals surface area (Å²) in [5, 5.41) is 21.8. The topological polar surface area (TPSA) is 317 Å². The molecule has 0 radical (unpaired) electrons. The molecule has 0 aromatic heterocycles. The summed E-state index contributed by atoms with van der Waals surface area (Å²) in [4.78, 5) is 83.5. The van der Waals surface area contributed by atoms with E-state index < -0.39 is 9.84 Å². The highest BCUT2D eigenvalue weighted by Gasteiger charge is 1.87. The van der Waals surface area contributed by atoms with Gasteiger partial charge < -0.3 is 70.6 Å². The van der Waals surface area contributed by atoms with E-state index in [0.717, 1.165) is 41.8 Å². The molecule has 0 saturated carbocycles. The molecule has 0 aromatic rings. The van der Waals surface area contributed by atoms with E-state index in [-0.39, 0.29) is 46.9 Å². The highest BCUT2D eigenvalue weighted by Crippen LogP contribution is 1.76. The monoisotopic (exact) mass is 1560 g/mol. The summed E-state index contributed by atoms with van der Waals surface area (Å²) in [7, 11) is 0.741. The van der Waals surface area contributed by atoms with Gasteiger partial charge in [0.1, 0.15) is 33.0 Å². The molecule has 2 amide bonds. The molecule has 0 aromatic carbocycles. The van der Waals surface area contributed by atoms with Crippen LogP contribution in [0.2, 0.25) is 0 Å². The Hall–Kier alpha value is -4.40. The van der Waals surface area contributed by atoms with Gasteiger partial charge in [-0.1, -0.05) is 106 Å². The van der Waals surface area contributed by atoms with Gasteiger partial charge in [-0.15, -0.1) is 0 Å². The predicted octanol–water partition coefficient (Wildman–Crippen LogP) is 17.3. The van der Waals surface area contributed by atoms with Crippen molar-refractivity contribution in [2.45, 2.75) is 256 Å². The molecule has 0 saturated heterocycles. The molecule has 0 aliphatic rings. The van der Waals surface area contributed by atoms with Crippen molar-refractivity contribution >= 4 is 223 Å². The highest BCUT2D eigenvalue weighted by atomic mass is 32.2. The highest BCUT2D eigenvalue weighted by molar-refractivity contribution is 7.90. The molecule has 96 heavy (non-hydrogen) atoms. The Morgan fingerprint density at radius 1 is 0.365 bits per heavy atom. The first kappa shape index (κ1) is 151. The van der Waals surface area contributed by atoms with Crippen molar-refractivity contribution in [2.24, 2.45) is 5.73 Å². The van der Waals surface area contributed by atoms with Crippen LogP contribution >= 0.6 is 110 Å². The lowest BCUT2D eigenvalue weighted by Gasteiger charge is -1.93. The second-order valence-electron chi connectivity index (χ2n) is 18.7. The molecule has 30 heteroatoms. The predicted molar refractivity (Wildman–Crippen MR) is 458 cm³/mol. The van der Waals surface area contributed by atoms with Gasteiger partial charge in [-0.2, -0.15) is 0 Å². The number of sulfone groups is 1. The molecule has 0 aliphatic carbocycles. The first-order valence-electron chi connectivity index (χ1n) is 29.1. The van der Waals surface area contributed by atoms with Gasteiger partial charge in [0.25, 0.3) is 0 Å². The number of hydrogen-bond acceptors (Lipinski definition) is 26. The number of thiocarbonyl (C=S) groups is 9. The maximum Gasteiger partial charge on any atom is 0.302 e. The molecule has 0 bridgehead atoms. The molecule has 0 rings (SSSR count). The number of rotatable bonds is 4. The van der Waals surface area contributed by atoms with E-state index in [1.165, 1.54) is 83.1 Å². The summed E-state index contributed by atoms with van der Waals surface area (Å²) in [6.45, 7) is 69.7. The van der Waals surface area contributed by atoms with Crippen molar-refractivity contribution < 1.29 is 65.7 Å². The number of carbonyl (C=O) groups is 8. The molecular weight excluding hydrogens is 1420 g/mol. The number of amides is 2. The number of nitrogens with one attached hydrogen (secondary N) is 5.